The lowest BCUT2D eigenvalue weighted by molar-refractivity contribution is -0.141. The van der Waals surface area contributed by atoms with Gasteiger partial charge in [0, 0.05) is 19.0 Å². The molecule has 0 aromatic carbocycles. The number of rotatable bonds is 4. The molecule has 3 rings (SSSR count). The summed E-state index contributed by atoms with van der Waals surface area (Å²) in [6.45, 7) is 1.74. The minimum Gasteiger partial charge on any atom is -0.325 e. The van der Waals surface area contributed by atoms with Crippen molar-refractivity contribution in [1.29, 1.82) is 5.26 Å². The molecule has 10 heteroatoms. The van der Waals surface area contributed by atoms with E-state index in [9.17, 15) is 17.4 Å². The molecule has 0 aliphatic rings. The number of aromatic nitrogens is 4. The van der Waals surface area contributed by atoms with Gasteiger partial charge in [-0.05, 0) is 17.7 Å². The minimum absolute atomic E-state index is 0.114. The van der Waals surface area contributed by atoms with Crippen molar-refractivity contribution in [1.82, 2.24) is 19.5 Å². The van der Waals surface area contributed by atoms with Crippen molar-refractivity contribution < 1.29 is 17.4 Å². The molecule has 0 saturated heterocycles. The Hall–Kier alpha value is -2.80. The molecule has 140 valence electrons. The largest absolute Gasteiger partial charge is 0.433 e. The highest BCUT2D eigenvalue weighted by molar-refractivity contribution is 7.85. The van der Waals surface area contributed by atoms with Crippen LogP contribution in [0.25, 0.3) is 22.6 Å². The molecule has 1 unspecified atom stereocenters. The summed E-state index contributed by atoms with van der Waals surface area (Å²) in [6, 6.07) is 4.51. The molecular formula is C17H14F3N5OS. The zero-order valence-electron chi connectivity index (χ0n) is 14.4. The van der Waals surface area contributed by atoms with Crippen molar-refractivity contribution in [3.05, 3.63) is 35.8 Å². The summed E-state index contributed by atoms with van der Waals surface area (Å²) >= 11 is 0. The van der Waals surface area contributed by atoms with E-state index in [0.29, 0.717) is 27.4 Å². The number of aryl methyl sites for hydroxylation is 1. The molecule has 3 heterocycles. The second-order valence-electron chi connectivity index (χ2n) is 5.71. The average Bonchev–Trinajstić information content (AvgIpc) is 2.96. The molecule has 0 saturated carbocycles. The van der Waals surface area contributed by atoms with Gasteiger partial charge in [0.15, 0.2) is 5.82 Å². The molecule has 0 N–H and O–H groups in total. The molecule has 0 aliphatic carbocycles. The molecule has 3 aromatic rings. The van der Waals surface area contributed by atoms with Crippen molar-refractivity contribution in [3.8, 4) is 17.6 Å². The molecule has 0 spiro atoms. The van der Waals surface area contributed by atoms with Gasteiger partial charge >= 0.3 is 6.18 Å². The van der Waals surface area contributed by atoms with E-state index < -0.39 is 22.7 Å². The summed E-state index contributed by atoms with van der Waals surface area (Å²) in [5, 5.41) is 8.85. The van der Waals surface area contributed by atoms with E-state index in [-0.39, 0.29) is 17.8 Å². The van der Waals surface area contributed by atoms with Crippen molar-refractivity contribution in [2.45, 2.75) is 24.4 Å². The number of nitrogens with zero attached hydrogens (tertiary/aromatic N) is 5. The van der Waals surface area contributed by atoms with Crippen molar-refractivity contribution in [2.75, 3.05) is 5.75 Å². The van der Waals surface area contributed by atoms with Crippen LogP contribution in [0.4, 0.5) is 13.2 Å². The Balaban J connectivity index is 2.21. The van der Waals surface area contributed by atoms with E-state index in [1.54, 1.807) is 24.6 Å². The Kier molecular flexibility index (Phi) is 4.97. The highest BCUT2D eigenvalue weighted by Crippen LogP contribution is 2.32. The van der Waals surface area contributed by atoms with Crippen LogP contribution in [0.5, 0.6) is 0 Å². The summed E-state index contributed by atoms with van der Waals surface area (Å²) in [5.74, 6) is 0.612. The zero-order valence-corrected chi connectivity index (χ0v) is 15.2. The third kappa shape index (κ3) is 3.55. The number of hydrogen-bond acceptors (Lipinski definition) is 5. The monoisotopic (exact) mass is 393 g/mol. The number of imidazole rings is 1. The van der Waals surface area contributed by atoms with Gasteiger partial charge in [-0.15, -0.1) is 0 Å². The van der Waals surface area contributed by atoms with E-state index in [0.717, 1.165) is 12.3 Å². The molecule has 6 nitrogen and oxygen atoms in total. The van der Waals surface area contributed by atoms with Gasteiger partial charge in [-0.1, -0.05) is 6.92 Å². The molecule has 3 aromatic heterocycles. The first-order valence-electron chi connectivity index (χ1n) is 7.90. The van der Waals surface area contributed by atoms with Crippen molar-refractivity contribution >= 4 is 21.8 Å². The predicted molar refractivity (Wildman–Crippen MR) is 93.0 cm³/mol. The molecule has 0 aliphatic heterocycles. The van der Waals surface area contributed by atoms with Gasteiger partial charge in [-0.2, -0.15) is 18.4 Å². The number of fused-ring (bicyclic) bond motifs is 1. The molecule has 0 bridgehead atoms. The molecule has 27 heavy (non-hydrogen) atoms. The van der Waals surface area contributed by atoms with Crippen LogP contribution in [-0.2, 0) is 30.4 Å². The molecule has 0 fully saturated rings. The Morgan fingerprint density at radius 3 is 2.63 bits per heavy atom. The van der Waals surface area contributed by atoms with Gasteiger partial charge in [0.05, 0.1) is 45.4 Å². The van der Waals surface area contributed by atoms with E-state index in [2.05, 4.69) is 15.0 Å². The second kappa shape index (κ2) is 7.08. The Morgan fingerprint density at radius 2 is 2.00 bits per heavy atom. The smallest absolute Gasteiger partial charge is 0.325 e. The first kappa shape index (κ1) is 19.0. The molecular weight excluding hydrogens is 379 g/mol. The fourth-order valence-electron chi connectivity index (χ4n) is 2.63. The van der Waals surface area contributed by atoms with Gasteiger partial charge in [0.25, 0.3) is 0 Å². The van der Waals surface area contributed by atoms with Crippen LogP contribution in [0, 0.1) is 11.3 Å². The van der Waals surface area contributed by atoms with E-state index >= 15 is 0 Å². The zero-order chi connectivity index (χ0) is 19.8. The number of halogens is 3. The lowest BCUT2D eigenvalue weighted by Crippen LogP contribution is -2.07. The Bertz CT molecular complexity index is 1080. The van der Waals surface area contributed by atoms with E-state index in [1.165, 1.54) is 6.20 Å². The molecule has 0 amide bonds. The van der Waals surface area contributed by atoms with Crippen LogP contribution in [0.3, 0.4) is 0 Å². The van der Waals surface area contributed by atoms with E-state index in [1.807, 2.05) is 6.07 Å². The summed E-state index contributed by atoms with van der Waals surface area (Å²) in [4.78, 5) is 12.4. The molecule has 0 radical (unpaired) electrons. The van der Waals surface area contributed by atoms with Crippen LogP contribution in [0.15, 0.2) is 29.4 Å². The lowest BCUT2D eigenvalue weighted by atomic mass is 10.2. The van der Waals surface area contributed by atoms with Crippen LogP contribution in [0.1, 0.15) is 18.2 Å². The average molecular weight is 393 g/mol. The third-order valence-electron chi connectivity index (χ3n) is 3.97. The number of hydrogen-bond donors (Lipinski definition) is 0. The number of alkyl halides is 3. The van der Waals surface area contributed by atoms with Crippen LogP contribution in [-0.4, -0.2) is 29.5 Å². The maximum atomic E-state index is 12.9. The second-order valence-corrected chi connectivity index (χ2v) is 7.42. The fraction of sp³-hybridized carbons (Fsp3) is 0.294. The highest BCUT2D eigenvalue weighted by atomic mass is 32.2. The van der Waals surface area contributed by atoms with Crippen molar-refractivity contribution in [3.63, 3.8) is 0 Å². The summed E-state index contributed by atoms with van der Waals surface area (Å²) < 4.78 is 52.7. The van der Waals surface area contributed by atoms with Crippen LogP contribution < -0.4 is 0 Å². The highest BCUT2D eigenvalue weighted by Gasteiger charge is 2.33. The quantitative estimate of drug-likeness (QED) is 0.679. The topological polar surface area (TPSA) is 84.5 Å². The molecule has 1 atom stereocenters. The van der Waals surface area contributed by atoms with Gasteiger partial charge in [0.2, 0.25) is 0 Å². The van der Waals surface area contributed by atoms with Gasteiger partial charge in [0.1, 0.15) is 11.4 Å². The fourth-order valence-corrected chi connectivity index (χ4v) is 3.58. The standard InChI is InChI=1S/C17H14F3N5OS/c1-3-27(26)13-6-10(4-5-21)8-23-15(13)16-24-11-7-14(17(18,19)20)22-9-12(11)25(16)2/h6-9H,3-4H2,1-2H3. The normalized spacial score (nSPS) is 12.9. The van der Waals surface area contributed by atoms with Gasteiger partial charge in [-0.3, -0.25) is 9.19 Å². The Labute approximate surface area is 155 Å². The Morgan fingerprint density at radius 1 is 1.26 bits per heavy atom. The van der Waals surface area contributed by atoms with Gasteiger partial charge < -0.3 is 4.57 Å². The summed E-state index contributed by atoms with van der Waals surface area (Å²) in [7, 11) is 0.243. The SMILES string of the molecule is CCS(=O)c1cc(CC#N)cnc1-c1nc2cc(C(F)(F)F)ncc2n1C. The van der Waals surface area contributed by atoms with Crippen molar-refractivity contribution in [2.24, 2.45) is 7.05 Å². The number of nitriles is 1. The lowest BCUT2D eigenvalue weighted by Gasteiger charge is -2.09. The number of pyridine rings is 2. The van der Waals surface area contributed by atoms with Crippen LogP contribution in [0.2, 0.25) is 0 Å². The maximum absolute atomic E-state index is 12.9. The first-order valence-corrected chi connectivity index (χ1v) is 9.22. The first-order chi connectivity index (χ1) is 12.8. The van der Waals surface area contributed by atoms with Gasteiger partial charge in [-0.25, -0.2) is 9.97 Å². The predicted octanol–water partition coefficient (Wildman–Crippen LogP) is 3.24. The summed E-state index contributed by atoms with van der Waals surface area (Å²) in [6.07, 6.45) is -1.87. The summed E-state index contributed by atoms with van der Waals surface area (Å²) in [5.41, 5.74) is 0.399. The van der Waals surface area contributed by atoms with Crippen LogP contribution >= 0.6 is 0 Å². The minimum atomic E-state index is -4.57. The third-order valence-corrected chi connectivity index (χ3v) is 5.30. The van der Waals surface area contributed by atoms with E-state index in [4.69, 9.17) is 5.26 Å². The maximum Gasteiger partial charge on any atom is 0.433 e.